The topological polar surface area (TPSA) is 89.4 Å². The van der Waals surface area contributed by atoms with Crippen molar-refractivity contribution in [1.29, 1.82) is 0 Å². The van der Waals surface area contributed by atoms with Crippen LogP contribution < -0.4 is 5.32 Å². The highest BCUT2D eigenvalue weighted by molar-refractivity contribution is 5.89. The third-order valence-electron chi connectivity index (χ3n) is 5.08. The van der Waals surface area contributed by atoms with Crippen LogP contribution in [0.3, 0.4) is 0 Å². The number of aromatic nitrogens is 3. The fourth-order valence-electron chi connectivity index (χ4n) is 3.32. The van der Waals surface area contributed by atoms with Gasteiger partial charge in [-0.2, -0.15) is 5.10 Å². The number of nitrogens with zero attached hydrogens (tertiary/aromatic N) is 4. The molecule has 8 heteroatoms. The number of benzene rings is 1. The van der Waals surface area contributed by atoms with Crippen molar-refractivity contribution in [2.75, 3.05) is 20.2 Å². The molecule has 1 atom stereocenters. The SMILES string of the molecule is COC(=O)c1ccc(CNC(=O)C(C)N2CCC(n3cncn3)CC2)cc1. The molecule has 27 heavy (non-hydrogen) atoms. The molecule has 1 aliphatic heterocycles. The first-order valence-corrected chi connectivity index (χ1v) is 9.11. The molecule has 0 radical (unpaired) electrons. The van der Waals surface area contributed by atoms with Crippen molar-refractivity contribution in [3.8, 4) is 0 Å². The number of hydrogen-bond acceptors (Lipinski definition) is 6. The minimum Gasteiger partial charge on any atom is -0.465 e. The molecular weight excluding hydrogens is 346 g/mol. The maximum absolute atomic E-state index is 12.5. The summed E-state index contributed by atoms with van der Waals surface area (Å²) in [6.07, 6.45) is 5.22. The van der Waals surface area contributed by atoms with Gasteiger partial charge in [0.25, 0.3) is 0 Å². The average Bonchev–Trinajstić information content (AvgIpc) is 3.26. The summed E-state index contributed by atoms with van der Waals surface area (Å²) in [5.41, 5.74) is 1.43. The van der Waals surface area contributed by atoms with E-state index in [0.717, 1.165) is 31.5 Å². The zero-order valence-electron chi connectivity index (χ0n) is 15.7. The van der Waals surface area contributed by atoms with Crippen molar-refractivity contribution in [3.63, 3.8) is 0 Å². The van der Waals surface area contributed by atoms with Gasteiger partial charge in [0.05, 0.1) is 24.8 Å². The van der Waals surface area contributed by atoms with Crippen LogP contribution in [-0.4, -0.2) is 57.8 Å². The van der Waals surface area contributed by atoms with Crippen LogP contribution in [0.2, 0.25) is 0 Å². The second kappa shape index (κ2) is 8.77. The number of esters is 1. The van der Waals surface area contributed by atoms with Gasteiger partial charge < -0.3 is 10.1 Å². The Balaban J connectivity index is 1.46. The van der Waals surface area contributed by atoms with E-state index >= 15 is 0 Å². The zero-order valence-corrected chi connectivity index (χ0v) is 15.7. The van der Waals surface area contributed by atoms with Gasteiger partial charge in [0.2, 0.25) is 5.91 Å². The zero-order chi connectivity index (χ0) is 19.2. The molecule has 1 amide bonds. The predicted octanol–water partition coefficient (Wildman–Crippen LogP) is 1.41. The second-order valence-electron chi connectivity index (χ2n) is 6.72. The quantitative estimate of drug-likeness (QED) is 0.772. The summed E-state index contributed by atoms with van der Waals surface area (Å²) in [5, 5.41) is 7.18. The van der Waals surface area contributed by atoms with E-state index in [9.17, 15) is 9.59 Å². The minimum atomic E-state index is -0.367. The largest absolute Gasteiger partial charge is 0.465 e. The molecule has 1 fully saturated rings. The van der Waals surface area contributed by atoms with Crippen LogP contribution in [0.1, 0.15) is 41.7 Å². The second-order valence-corrected chi connectivity index (χ2v) is 6.72. The molecule has 144 valence electrons. The smallest absolute Gasteiger partial charge is 0.337 e. The lowest BCUT2D eigenvalue weighted by atomic mass is 10.0. The first-order valence-electron chi connectivity index (χ1n) is 9.11. The molecule has 2 heterocycles. The van der Waals surface area contributed by atoms with Crippen LogP contribution >= 0.6 is 0 Å². The number of piperidine rings is 1. The normalized spacial score (nSPS) is 16.7. The lowest BCUT2D eigenvalue weighted by Gasteiger charge is -2.35. The Morgan fingerprint density at radius 3 is 2.56 bits per heavy atom. The van der Waals surface area contributed by atoms with Gasteiger partial charge in [-0.15, -0.1) is 0 Å². The fourth-order valence-corrected chi connectivity index (χ4v) is 3.32. The number of nitrogens with one attached hydrogen (secondary N) is 1. The molecule has 1 aromatic carbocycles. The molecule has 1 N–H and O–H groups in total. The van der Waals surface area contributed by atoms with Crippen molar-refractivity contribution in [2.24, 2.45) is 0 Å². The van der Waals surface area contributed by atoms with Crippen LogP contribution in [0.5, 0.6) is 0 Å². The summed E-state index contributed by atoms with van der Waals surface area (Å²) in [5.74, 6) is -0.361. The predicted molar refractivity (Wildman–Crippen MR) is 99.0 cm³/mol. The number of carbonyl (C=O) groups is 2. The Morgan fingerprint density at radius 1 is 1.26 bits per heavy atom. The third kappa shape index (κ3) is 4.71. The molecule has 0 aliphatic carbocycles. The van der Waals surface area contributed by atoms with Crippen LogP contribution in [0, 0.1) is 0 Å². The minimum absolute atomic E-state index is 0.00579. The van der Waals surface area contributed by atoms with Gasteiger partial charge in [-0.05, 0) is 37.5 Å². The summed E-state index contributed by atoms with van der Waals surface area (Å²) in [4.78, 5) is 30.1. The van der Waals surface area contributed by atoms with E-state index < -0.39 is 0 Å². The number of methoxy groups -OCH3 is 1. The third-order valence-corrected chi connectivity index (χ3v) is 5.08. The standard InChI is InChI=1S/C19H25N5O3/c1-14(23-9-7-17(8-10-23)24-13-20-12-22-24)18(25)21-11-15-3-5-16(6-4-15)19(26)27-2/h3-6,12-14,17H,7-11H2,1-2H3,(H,21,25). The highest BCUT2D eigenvalue weighted by Crippen LogP contribution is 2.22. The van der Waals surface area contributed by atoms with E-state index in [0.29, 0.717) is 18.2 Å². The van der Waals surface area contributed by atoms with Crippen molar-refractivity contribution in [2.45, 2.75) is 38.4 Å². The van der Waals surface area contributed by atoms with Crippen molar-refractivity contribution in [1.82, 2.24) is 25.0 Å². The number of rotatable bonds is 6. The van der Waals surface area contributed by atoms with Crippen LogP contribution in [0.4, 0.5) is 0 Å². The molecule has 0 bridgehead atoms. The van der Waals surface area contributed by atoms with Gasteiger partial charge in [0.1, 0.15) is 12.7 Å². The summed E-state index contributed by atoms with van der Waals surface area (Å²) in [6.45, 7) is 4.07. The molecule has 0 saturated carbocycles. The van der Waals surface area contributed by atoms with E-state index in [1.807, 2.05) is 23.7 Å². The molecule has 1 aromatic heterocycles. The Morgan fingerprint density at radius 2 is 1.96 bits per heavy atom. The number of carbonyl (C=O) groups excluding carboxylic acids is 2. The monoisotopic (exact) mass is 371 g/mol. The van der Waals surface area contributed by atoms with Gasteiger partial charge in [-0.3, -0.25) is 9.69 Å². The molecule has 1 unspecified atom stereocenters. The summed E-state index contributed by atoms with van der Waals surface area (Å²) in [6, 6.07) is 7.21. The highest BCUT2D eigenvalue weighted by atomic mass is 16.5. The maximum Gasteiger partial charge on any atom is 0.337 e. The lowest BCUT2D eigenvalue weighted by Crippen LogP contribution is -2.48. The van der Waals surface area contributed by atoms with Gasteiger partial charge in [0, 0.05) is 19.6 Å². The van der Waals surface area contributed by atoms with Gasteiger partial charge in [-0.1, -0.05) is 12.1 Å². The van der Waals surface area contributed by atoms with E-state index in [-0.39, 0.29) is 17.9 Å². The Kier molecular flexibility index (Phi) is 6.18. The van der Waals surface area contributed by atoms with E-state index in [4.69, 9.17) is 0 Å². The maximum atomic E-state index is 12.5. The van der Waals surface area contributed by atoms with Gasteiger partial charge in [0.15, 0.2) is 0 Å². The molecular formula is C19H25N5O3. The Labute approximate surface area is 158 Å². The fraction of sp³-hybridized carbons (Fsp3) is 0.474. The molecule has 8 nitrogen and oxygen atoms in total. The molecule has 0 spiro atoms. The van der Waals surface area contributed by atoms with Crippen LogP contribution in [-0.2, 0) is 16.1 Å². The van der Waals surface area contributed by atoms with Crippen molar-refractivity contribution >= 4 is 11.9 Å². The number of amides is 1. The van der Waals surface area contributed by atoms with E-state index in [1.165, 1.54) is 7.11 Å². The molecule has 3 rings (SSSR count). The van der Waals surface area contributed by atoms with Crippen LogP contribution in [0.25, 0.3) is 0 Å². The van der Waals surface area contributed by atoms with Gasteiger partial charge in [-0.25, -0.2) is 14.5 Å². The Bertz CT molecular complexity index is 752. The van der Waals surface area contributed by atoms with E-state index in [2.05, 4.69) is 25.0 Å². The molecule has 1 aliphatic rings. The molecule has 1 saturated heterocycles. The number of ether oxygens (including phenoxy) is 1. The lowest BCUT2D eigenvalue weighted by molar-refractivity contribution is -0.126. The number of hydrogen-bond donors (Lipinski definition) is 1. The average molecular weight is 371 g/mol. The summed E-state index contributed by atoms with van der Waals surface area (Å²) >= 11 is 0. The first kappa shape index (κ1) is 19.0. The van der Waals surface area contributed by atoms with Gasteiger partial charge >= 0.3 is 5.97 Å². The number of likely N-dealkylation sites (tertiary alicyclic amines) is 1. The highest BCUT2D eigenvalue weighted by Gasteiger charge is 2.27. The molecule has 2 aromatic rings. The van der Waals surface area contributed by atoms with Crippen molar-refractivity contribution < 1.29 is 14.3 Å². The van der Waals surface area contributed by atoms with E-state index in [1.54, 1.807) is 24.8 Å². The Hall–Kier alpha value is -2.74. The van der Waals surface area contributed by atoms with Crippen molar-refractivity contribution in [3.05, 3.63) is 48.0 Å². The summed E-state index contributed by atoms with van der Waals surface area (Å²) in [7, 11) is 1.35. The van der Waals surface area contributed by atoms with Crippen LogP contribution in [0.15, 0.2) is 36.9 Å². The first-order chi connectivity index (χ1) is 13.1. The summed E-state index contributed by atoms with van der Waals surface area (Å²) < 4.78 is 6.58.